The third-order valence-corrected chi connectivity index (χ3v) is 5.20. The van der Waals surface area contributed by atoms with Crippen LogP contribution in [-0.2, 0) is 24.6 Å². The summed E-state index contributed by atoms with van der Waals surface area (Å²) in [6, 6.07) is 33.0. The van der Waals surface area contributed by atoms with Gasteiger partial charge in [0.1, 0.15) is 19.8 Å². The number of rotatable bonds is 9. The Labute approximate surface area is 194 Å². The Morgan fingerprint density at radius 1 is 0.606 bits per heavy atom. The van der Waals surface area contributed by atoms with Gasteiger partial charge >= 0.3 is 5.97 Å². The standard InChI is InChI=1S/C29H26O4/c1-22-17-27(31-19-23-11-5-2-6-12-23)28(32-20-24-13-7-3-8-14-24)18-26(22)29(30)33-21-25-15-9-4-10-16-25/h2-18H,19-21H2,1H3. The molecule has 166 valence electrons. The van der Waals surface area contributed by atoms with Gasteiger partial charge < -0.3 is 14.2 Å². The van der Waals surface area contributed by atoms with E-state index >= 15 is 0 Å². The zero-order valence-corrected chi connectivity index (χ0v) is 18.6. The van der Waals surface area contributed by atoms with Crippen LogP contribution < -0.4 is 9.47 Å². The van der Waals surface area contributed by atoms with Crippen LogP contribution in [0, 0.1) is 6.92 Å². The van der Waals surface area contributed by atoms with Crippen molar-refractivity contribution < 1.29 is 19.0 Å². The number of carbonyl (C=O) groups is 1. The number of hydrogen-bond donors (Lipinski definition) is 0. The largest absolute Gasteiger partial charge is 0.485 e. The zero-order chi connectivity index (χ0) is 22.9. The number of benzene rings is 4. The third kappa shape index (κ3) is 6.23. The van der Waals surface area contributed by atoms with Crippen LogP contribution in [0.5, 0.6) is 11.5 Å². The van der Waals surface area contributed by atoms with Crippen molar-refractivity contribution in [2.75, 3.05) is 0 Å². The first-order valence-electron chi connectivity index (χ1n) is 10.9. The lowest BCUT2D eigenvalue weighted by Gasteiger charge is -2.16. The second-order valence-corrected chi connectivity index (χ2v) is 7.72. The summed E-state index contributed by atoms with van der Waals surface area (Å²) in [5.41, 5.74) is 4.24. The van der Waals surface area contributed by atoms with Gasteiger partial charge in [0.25, 0.3) is 0 Å². The summed E-state index contributed by atoms with van der Waals surface area (Å²) >= 11 is 0. The van der Waals surface area contributed by atoms with Gasteiger partial charge in [-0.3, -0.25) is 0 Å². The molecule has 0 radical (unpaired) electrons. The predicted octanol–water partition coefficient (Wildman–Crippen LogP) is 6.51. The molecule has 0 unspecified atom stereocenters. The lowest BCUT2D eigenvalue weighted by molar-refractivity contribution is 0.0471. The van der Waals surface area contributed by atoms with E-state index in [9.17, 15) is 4.79 Å². The predicted molar refractivity (Wildman–Crippen MR) is 128 cm³/mol. The Hall–Kier alpha value is -4.05. The fourth-order valence-electron chi connectivity index (χ4n) is 3.38. The molecule has 0 aliphatic heterocycles. The monoisotopic (exact) mass is 438 g/mol. The number of esters is 1. The Bertz CT molecular complexity index is 1170. The van der Waals surface area contributed by atoms with Gasteiger partial charge in [-0.1, -0.05) is 91.0 Å². The fraction of sp³-hybridized carbons (Fsp3) is 0.138. The molecule has 0 saturated carbocycles. The van der Waals surface area contributed by atoms with Crippen LogP contribution >= 0.6 is 0 Å². The van der Waals surface area contributed by atoms with E-state index in [1.165, 1.54) is 0 Å². The first-order valence-corrected chi connectivity index (χ1v) is 10.9. The van der Waals surface area contributed by atoms with Gasteiger partial charge in [-0.25, -0.2) is 4.79 Å². The van der Waals surface area contributed by atoms with Crippen molar-refractivity contribution in [3.8, 4) is 11.5 Å². The van der Waals surface area contributed by atoms with Crippen molar-refractivity contribution in [2.45, 2.75) is 26.7 Å². The molecule has 0 amide bonds. The number of ether oxygens (including phenoxy) is 3. The van der Waals surface area contributed by atoms with Crippen molar-refractivity contribution >= 4 is 5.97 Å². The van der Waals surface area contributed by atoms with Crippen LogP contribution in [0.15, 0.2) is 103 Å². The molecule has 0 aromatic heterocycles. The van der Waals surface area contributed by atoms with Crippen LogP contribution in [-0.4, -0.2) is 5.97 Å². The normalized spacial score (nSPS) is 10.5. The minimum absolute atomic E-state index is 0.214. The van der Waals surface area contributed by atoms with E-state index in [-0.39, 0.29) is 6.61 Å². The van der Waals surface area contributed by atoms with Gasteiger partial charge in [-0.15, -0.1) is 0 Å². The van der Waals surface area contributed by atoms with Crippen LogP contribution in [0.4, 0.5) is 0 Å². The summed E-state index contributed by atoms with van der Waals surface area (Å²) in [4.78, 5) is 12.8. The summed E-state index contributed by atoms with van der Waals surface area (Å²) in [6.07, 6.45) is 0. The lowest BCUT2D eigenvalue weighted by atomic mass is 10.1. The molecular formula is C29H26O4. The van der Waals surface area contributed by atoms with Crippen molar-refractivity contribution in [3.05, 3.63) is 131 Å². The molecule has 0 aliphatic carbocycles. The van der Waals surface area contributed by atoms with Crippen LogP contribution in [0.2, 0.25) is 0 Å². The molecular weight excluding hydrogens is 412 g/mol. The van der Waals surface area contributed by atoms with Gasteiger partial charge in [-0.05, 0) is 41.3 Å². The summed E-state index contributed by atoms with van der Waals surface area (Å²) in [5.74, 6) is 0.703. The summed E-state index contributed by atoms with van der Waals surface area (Å²) < 4.78 is 17.7. The van der Waals surface area contributed by atoms with E-state index < -0.39 is 5.97 Å². The number of aryl methyl sites for hydroxylation is 1. The van der Waals surface area contributed by atoms with E-state index in [4.69, 9.17) is 14.2 Å². The summed E-state index contributed by atoms with van der Waals surface area (Å²) in [6.45, 7) is 2.85. The van der Waals surface area contributed by atoms with E-state index in [0.717, 1.165) is 22.3 Å². The third-order valence-electron chi connectivity index (χ3n) is 5.20. The summed E-state index contributed by atoms with van der Waals surface area (Å²) in [5, 5.41) is 0. The Balaban J connectivity index is 1.54. The molecule has 0 fully saturated rings. The first-order chi connectivity index (χ1) is 16.2. The highest BCUT2D eigenvalue weighted by Gasteiger charge is 2.17. The van der Waals surface area contributed by atoms with Crippen LogP contribution in [0.3, 0.4) is 0 Å². The van der Waals surface area contributed by atoms with E-state index in [1.807, 2.05) is 104 Å². The van der Waals surface area contributed by atoms with Crippen molar-refractivity contribution in [1.82, 2.24) is 0 Å². The molecule has 0 aliphatic rings. The molecule has 0 spiro atoms. The second-order valence-electron chi connectivity index (χ2n) is 7.72. The minimum atomic E-state index is -0.393. The molecule has 0 atom stereocenters. The van der Waals surface area contributed by atoms with Crippen molar-refractivity contribution in [3.63, 3.8) is 0 Å². The maximum absolute atomic E-state index is 12.8. The highest BCUT2D eigenvalue weighted by atomic mass is 16.5. The average Bonchev–Trinajstić information content (AvgIpc) is 2.87. The molecule has 4 aromatic rings. The van der Waals surface area contributed by atoms with E-state index in [1.54, 1.807) is 6.07 Å². The van der Waals surface area contributed by atoms with Crippen LogP contribution in [0.1, 0.15) is 32.6 Å². The van der Waals surface area contributed by atoms with Gasteiger partial charge in [0, 0.05) is 0 Å². The molecule has 4 rings (SSSR count). The highest BCUT2D eigenvalue weighted by Crippen LogP contribution is 2.33. The van der Waals surface area contributed by atoms with Gasteiger partial charge in [-0.2, -0.15) is 0 Å². The van der Waals surface area contributed by atoms with Gasteiger partial charge in [0.15, 0.2) is 11.5 Å². The van der Waals surface area contributed by atoms with Crippen molar-refractivity contribution in [2.24, 2.45) is 0 Å². The summed E-state index contributed by atoms with van der Waals surface area (Å²) in [7, 11) is 0. The number of carbonyl (C=O) groups excluding carboxylic acids is 1. The lowest BCUT2D eigenvalue weighted by Crippen LogP contribution is -2.09. The first kappa shape index (κ1) is 22.2. The van der Waals surface area contributed by atoms with Crippen molar-refractivity contribution in [1.29, 1.82) is 0 Å². The molecule has 4 nitrogen and oxygen atoms in total. The van der Waals surface area contributed by atoms with E-state index in [0.29, 0.717) is 30.3 Å². The minimum Gasteiger partial charge on any atom is -0.485 e. The maximum atomic E-state index is 12.8. The average molecular weight is 439 g/mol. The van der Waals surface area contributed by atoms with Crippen LogP contribution in [0.25, 0.3) is 0 Å². The molecule has 0 saturated heterocycles. The Kier molecular flexibility index (Phi) is 7.39. The number of hydrogen-bond acceptors (Lipinski definition) is 4. The zero-order valence-electron chi connectivity index (χ0n) is 18.6. The highest BCUT2D eigenvalue weighted by molar-refractivity contribution is 5.92. The molecule has 0 bridgehead atoms. The van der Waals surface area contributed by atoms with Gasteiger partial charge in [0.2, 0.25) is 0 Å². The molecule has 4 aromatic carbocycles. The molecule has 0 N–H and O–H groups in total. The van der Waals surface area contributed by atoms with Gasteiger partial charge in [0.05, 0.1) is 5.56 Å². The maximum Gasteiger partial charge on any atom is 0.338 e. The molecule has 33 heavy (non-hydrogen) atoms. The molecule has 4 heteroatoms. The molecule has 0 heterocycles. The Morgan fingerprint density at radius 3 is 1.52 bits per heavy atom. The smallest absolute Gasteiger partial charge is 0.338 e. The topological polar surface area (TPSA) is 44.8 Å². The Morgan fingerprint density at radius 2 is 1.03 bits per heavy atom. The quantitative estimate of drug-likeness (QED) is 0.280. The van der Waals surface area contributed by atoms with E-state index in [2.05, 4.69) is 0 Å². The fourth-order valence-corrected chi connectivity index (χ4v) is 3.38. The second kappa shape index (κ2) is 11.0. The SMILES string of the molecule is Cc1cc(OCc2ccccc2)c(OCc2ccccc2)cc1C(=O)OCc1ccccc1.